The van der Waals surface area contributed by atoms with E-state index < -0.39 is 0 Å². The summed E-state index contributed by atoms with van der Waals surface area (Å²) in [6.07, 6.45) is 1.69. The Bertz CT molecular complexity index is 485. The summed E-state index contributed by atoms with van der Waals surface area (Å²) in [6.45, 7) is 0. The molecule has 2 aromatic heterocycles. The van der Waals surface area contributed by atoms with Crippen LogP contribution in [0.4, 0.5) is 5.82 Å². The van der Waals surface area contributed by atoms with Gasteiger partial charge in [-0.25, -0.2) is 0 Å². The molecular weight excluding hydrogens is 174 g/mol. The fourth-order valence-corrected chi connectivity index (χ4v) is 1.82. The van der Waals surface area contributed by atoms with E-state index in [4.69, 9.17) is 5.73 Å². The lowest BCUT2D eigenvalue weighted by Crippen LogP contribution is -2.14. The van der Waals surface area contributed by atoms with Gasteiger partial charge in [0.25, 0.3) is 5.56 Å². The summed E-state index contributed by atoms with van der Waals surface area (Å²) >= 11 is 1.15. The first-order valence-corrected chi connectivity index (χ1v) is 4.18. The molecular formula is C7H7N3OS. The van der Waals surface area contributed by atoms with Gasteiger partial charge >= 0.3 is 0 Å². The molecule has 2 N–H and O–H groups in total. The minimum Gasteiger partial charge on any atom is -0.382 e. The van der Waals surface area contributed by atoms with Crippen molar-refractivity contribution in [3.05, 3.63) is 22.6 Å². The maximum Gasteiger partial charge on any atom is 0.269 e. The van der Waals surface area contributed by atoms with E-state index in [1.54, 1.807) is 19.3 Å². The Labute approximate surface area is 72.4 Å². The molecule has 0 aliphatic heterocycles. The lowest BCUT2D eigenvalue weighted by atomic mass is 10.3. The summed E-state index contributed by atoms with van der Waals surface area (Å²) in [5.74, 6) is 0.438. The van der Waals surface area contributed by atoms with E-state index in [1.165, 1.54) is 4.57 Å². The van der Waals surface area contributed by atoms with Crippen LogP contribution >= 0.6 is 11.5 Å². The maximum absolute atomic E-state index is 11.4. The Hall–Kier alpha value is -1.36. The molecule has 0 aliphatic carbocycles. The Balaban J connectivity index is 3.03. The molecule has 0 bridgehead atoms. The summed E-state index contributed by atoms with van der Waals surface area (Å²) in [7, 11) is 1.71. The average Bonchev–Trinajstić information content (AvgIpc) is 2.41. The SMILES string of the molecule is Cn1ccc2c(N)nsc2c1=O. The predicted octanol–water partition coefficient (Wildman–Crippen LogP) is 0.577. The number of rotatable bonds is 0. The standard InChI is InChI=1S/C7H7N3OS/c1-10-3-2-4-5(7(10)11)12-9-6(4)8/h2-3H,1H3,(H2,8,9). The van der Waals surface area contributed by atoms with Gasteiger partial charge in [0, 0.05) is 18.6 Å². The normalized spacial score (nSPS) is 10.8. The number of nitrogen functional groups attached to an aromatic ring is 1. The van der Waals surface area contributed by atoms with Crippen LogP contribution in [-0.4, -0.2) is 8.94 Å². The topological polar surface area (TPSA) is 60.9 Å². The van der Waals surface area contributed by atoms with Gasteiger partial charge in [0.05, 0.1) is 0 Å². The quantitative estimate of drug-likeness (QED) is 0.646. The van der Waals surface area contributed by atoms with E-state index in [9.17, 15) is 4.79 Å². The van der Waals surface area contributed by atoms with Crippen molar-refractivity contribution in [3.8, 4) is 0 Å². The predicted molar refractivity (Wildman–Crippen MR) is 49.3 cm³/mol. The van der Waals surface area contributed by atoms with E-state index in [0.29, 0.717) is 10.5 Å². The van der Waals surface area contributed by atoms with Crippen LogP contribution in [0.3, 0.4) is 0 Å². The van der Waals surface area contributed by atoms with Crippen molar-refractivity contribution in [3.63, 3.8) is 0 Å². The number of pyridine rings is 1. The zero-order valence-electron chi connectivity index (χ0n) is 6.44. The van der Waals surface area contributed by atoms with Gasteiger partial charge in [0.1, 0.15) is 10.5 Å². The first-order valence-electron chi connectivity index (χ1n) is 3.40. The molecule has 0 fully saturated rings. The van der Waals surface area contributed by atoms with Gasteiger partial charge in [0.2, 0.25) is 0 Å². The van der Waals surface area contributed by atoms with Crippen LogP contribution in [-0.2, 0) is 7.05 Å². The monoisotopic (exact) mass is 181 g/mol. The zero-order valence-corrected chi connectivity index (χ0v) is 7.26. The van der Waals surface area contributed by atoms with Gasteiger partial charge in [-0.2, -0.15) is 4.37 Å². The van der Waals surface area contributed by atoms with Crippen LogP contribution in [0.25, 0.3) is 10.1 Å². The molecule has 62 valence electrons. The molecule has 12 heavy (non-hydrogen) atoms. The number of aryl methyl sites for hydroxylation is 1. The van der Waals surface area contributed by atoms with Crippen LogP contribution in [0.5, 0.6) is 0 Å². The molecule has 2 heterocycles. The lowest BCUT2D eigenvalue weighted by Gasteiger charge is -1.94. The highest BCUT2D eigenvalue weighted by Crippen LogP contribution is 2.19. The Morgan fingerprint density at radius 1 is 1.67 bits per heavy atom. The van der Waals surface area contributed by atoms with Crippen LogP contribution in [0.15, 0.2) is 17.1 Å². The summed E-state index contributed by atoms with van der Waals surface area (Å²) < 4.78 is 6.04. The van der Waals surface area contributed by atoms with Gasteiger partial charge in [-0.3, -0.25) is 4.79 Å². The Morgan fingerprint density at radius 2 is 2.42 bits per heavy atom. The molecule has 0 saturated carbocycles. The number of hydrogen-bond acceptors (Lipinski definition) is 4. The van der Waals surface area contributed by atoms with Crippen LogP contribution in [0.1, 0.15) is 0 Å². The van der Waals surface area contributed by atoms with Gasteiger partial charge in [-0.05, 0) is 17.6 Å². The fraction of sp³-hybridized carbons (Fsp3) is 0.143. The molecule has 0 saturated heterocycles. The number of nitrogens with two attached hydrogens (primary N) is 1. The third-order valence-electron chi connectivity index (χ3n) is 1.74. The van der Waals surface area contributed by atoms with Gasteiger partial charge in [-0.1, -0.05) is 0 Å². The molecule has 0 radical (unpaired) electrons. The molecule has 4 nitrogen and oxygen atoms in total. The zero-order chi connectivity index (χ0) is 8.72. The van der Waals surface area contributed by atoms with Crippen LogP contribution in [0.2, 0.25) is 0 Å². The van der Waals surface area contributed by atoms with Crippen LogP contribution < -0.4 is 11.3 Å². The lowest BCUT2D eigenvalue weighted by molar-refractivity contribution is 0.875. The number of fused-ring (bicyclic) bond motifs is 1. The third-order valence-corrected chi connectivity index (χ3v) is 2.60. The van der Waals surface area contributed by atoms with Crippen molar-refractivity contribution >= 4 is 27.4 Å². The van der Waals surface area contributed by atoms with E-state index >= 15 is 0 Å². The van der Waals surface area contributed by atoms with Crippen molar-refractivity contribution in [2.45, 2.75) is 0 Å². The van der Waals surface area contributed by atoms with Crippen molar-refractivity contribution in [1.82, 2.24) is 8.94 Å². The van der Waals surface area contributed by atoms with Gasteiger partial charge in [-0.15, -0.1) is 0 Å². The second-order valence-corrected chi connectivity index (χ2v) is 3.32. The molecule has 0 atom stereocenters. The number of aromatic nitrogens is 2. The summed E-state index contributed by atoms with van der Waals surface area (Å²) in [5, 5.41) is 0.753. The first-order chi connectivity index (χ1) is 5.70. The molecule has 2 aromatic rings. The molecule has 5 heteroatoms. The summed E-state index contributed by atoms with van der Waals surface area (Å²) in [4.78, 5) is 11.4. The molecule has 0 unspecified atom stereocenters. The van der Waals surface area contributed by atoms with E-state index in [1.807, 2.05) is 0 Å². The van der Waals surface area contributed by atoms with Crippen molar-refractivity contribution < 1.29 is 0 Å². The van der Waals surface area contributed by atoms with Crippen LogP contribution in [0, 0.1) is 0 Å². The van der Waals surface area contributed by atoms with Gasteiger partial charge in [0.15, 0.2) is 0 Å². The Morgan fingerprint density at radius 3 is 3.17 bits per heavy atom. The highest BCUT2D eigenvalue weighted by molar-refractivity contribution is 7.13. The number of anilines is 1. The number of nitrogens with zero attached hydrogens (tertiary/aromatic N) is 2. The second-order valence-electron chi connectivity index (χ2n) is 2.54. The number of hydrogen-bond donors (Lipinski definition) is 1. The third kappa shape index (κ3) is 0.831. The fourth-order valence-electron chi connectivity index (χ4n) is 1.04. The maximum atomic E-state index is 11.4. The van der Waals surface area contributed by atoms with Crippen molar-refractivity contribution in [2.75, 3.05) is 5.73 Å². The second kappa shape index (κ2) is 2.31. The van der Waals surface area contributed by atoms with Crippen molar-refractivity contribution in [1.29, 1.82) is 0 Å². The average molecular weight is 181 g/mol. The molecule has 0 amide bonds. The minimum atomic E-state index is -0.0401. The molecule has 0 aliphatic rings. The first kappa shape index (κ1) is 7.30. The highest BCUT2D eigenvalue weighted by atomic mass is 32.1. The molecule has 0 spiro atoms. The highest BCUT2D eigenvalue weighted by Gasteiger charge is 2.06. The van der Waals surface area contributed by atoms with E-state index in [0.717, 1.165) is 16.9 Å². The largest absolute Gasteiger partial charge is 0.382 e. The van der Waals surface area contributed by atoms with Gasteiger partial charge < -0.3 is 10.3 Å². The Kier molecular flexibility index (Phi) is 1.41. The van der Waals surface area contributed by atoms with E-state index in [-0.39, 0.29) is 5.56 Å². The molecule has 2 rings (SSSR count). The summed E-state index contributed by atoms with van der Waals surface area (Å²) in [6, 6.07) is 1.80. The summed E-state index contributed by atoms with van der Waals surface area (Å²) in [5.41, 5.74) is 5.51. The van der Waals surface area contributed by atoms with E-state index in [2.05, 4.69) is 4.37 Å². The van der Waals surface area contributed by atoms with Crippen molar-refractivity contribution in [2.24, 2.45) is 7.05 Å². The molecule has 0 aromatic carbocycles. The minimum absolute atomic E-state index is 0.0401. The smallest absolute Gasteiger partial charge is 0.269 e.